The van der Waals surface area contributed by atoms with Crippen molar-refractivity contribution in [1.82, 2.24) is 0 Å². The van der Waals surface area contributed by atoms with Crippen LogP contribution in [0.15, 0.2) is 0 Å². The lowest BCUT2D eigenvalue weighted by Gasteiger charge is -2.22. The van der Waals surface area contributed by atoms with E-state index in [9.17, 15) is 33.7 Å². The summed E-state index contributed by atoms with van der Waals surface area (Å²) in [6.45, 7) is 6.48. The van der Waals surface area contributed by atoms with Crippen LogP contribution in [0.3, 0.4) is 0 Å². The topological polar surface area (TPSA) is 164 Å². The van der Waals surface area contributed by atoms with Crippen LogP contribution in [0.1, 0.15) is 47.5 Å². The molecule has 2 atom stereocenters. The summed E-state index contributed by atoms with van der Waals surface area (Å²) in [6.07, 6.45) is 0.474. The predicted octanol–water partition coefficient (Wildman–Crippen LogP) is 0.341. The summed E-state index contributed by atoms with van der Waals surface area (Å²) < 4.78 is 107. The van der Waals surface area contributed by atoms with Gasteiger partial charge in [-0.25, -0.2) is 12.6 Å². The van der Waals surface area contributed by atoms with Crippen LogP contribution in [0.2, 0.25) is 0 Å². The Morgan fingerprint density at radius 1 is 0.714 bits per heavy atom. The first-order valence-electron chi connectivity index (χ1n) is 8.12. The van der Waals surface area contributed by atoms with E-state index in [-0.39, 0.29) is 12.8 Å². The fraction of sp³-hybridized carbons (Fsp3) is 1.00. The Kier molecular flexibility index (Phi) is 9.55. The third-order valence-corrected chi connectivity index (χ3v) is 8.91. The number of hydrogen-bond acceptors (Lipinski definition) is 11. The molecule has 0 amide bonds. The molecule has 170 valence electrons. The minimum absolute atomic E-state index is 0.166. The zero-order valence-electron chi connectivity index (χ0n) is 16.6. The summed E-state index contributed by atoms with van der Waals surface area (Å²) in [6, 6.07) is 0. The fourth-order valence-corrected chi connectivity index (χ4v) is 6.24. The molecule has 0 heterocycles. The van der Waals surface area contributed by atoms with Crippen molar-refractivity contribution in [3.8, 4) is 0 Å². The van der Waals surface area contributed by atoms with Crippen molar-refractivity contribution < 1.29 is 46.2 Å². The van der Waals surface area contributed by atoms with Gasteiger partial charge >= 0.3 is 0 Å². The molecule has 0 aliphatic carbocycles. The van der Waals surface area contributed by atoms with Gasteiger partial charge in [0.05, 0.1) is 17.1 Å². The second-order valence-electron chi connectivity index (χ2n) is 7.08. The number of rotatable bonds is 12. The monoisotopic (exact) mass is 488 g/mol. The van der Waals surface area contributed by atoms with E-state index >= 15 is 0 Å². The summed E-state index contributed by atoms with van der Waals surface area (Å²) in [7, 11) is -16.5. The highest BCUT2D eigenvalue weighted by molar-refractivity contribution is 7.92. The normalized spacial score (nSPS) is 16.6. The summed E-state index contributed by atoms with van der Waals surface area (Å²) >= 11 is 0. The standard InChI is InChI=1S/C13H28O11S4/c1-11(25(6,14)15)22-26(16,17)9-7-8-10-27(18,19)23-12(2)28(20,21)24-13(3,4)5/h11-12H,7-10H2,1-6H3. The first-order valence-corrected chi connectivity index (χ1v) is 14.7. The number of hydrogen-bond donors (Lipinski definition) is 0. The molecular weight excluding hydrogens is 460 g/mol. The van der Waals surface area contributed by atoms with Gasteiger partial charge in [0.2, 0.25) is 0 Å². The smallest absolute Gasteiger partial charge is 0.262 e. The summed E-state index contributed by atoms with van der Waals surface area (Å²) in [5.74, 6) is -1.25. The highest BCUT2D eigenvalue weighted by Crippen LogP contribution is 2.18. The minimum atomic E-state index is -4.31. The van der Waals surface area contributed by atoms with Gasteiger partial charge in [0, 0.05) is 6.26 Å². The SMILES string of the molecule is CC(OS(=O)(=O)CCCCS(=O)(=O)OC(C)S(=O)(=O)OC(C)(C)C)S(C)(=O)=O. The Labute approximate surface area is 168 Å². The largest absolute Gasteiger partial charge is 0.296 e. The van der Waals surface area contributed by atoms with Gasteiger partial charge in [-0.2, -0.15) is 25.3 Å². The molecule has 15 heteroatoms. The molecule has 0 rings (SSSR count). The van der Waals surface area contributed by atoms with Gasteiger partial charge in [0.25, 0.3) is 30.4 Å². The first kappa shape index (κ1) is 27.7. The number of unbranched alkanes of at least 4 members (excludes halogenated alkanes) is 1. The van der Waals surface area contributed by atoms with E-state index in [1.807, 2.05) is 0 Å². The Morgan fingerprint density at radius 3 is 1.39 bits per heavy atom. The van der Waals surface area contributed by atoms with E-state index in [1.165, 1.54) is 20.8 Å². The molecule has 11 nitrogen and oxygen atoms in total. The molecule has 0 aromatic carbocycles. The first-order chi connectivity index (χ1) is 12.2. The molecule has 0 bridgehead atoms. The van der Waals surface area contributed by atoms with E-state index in [0.717, 1.165) is 20.1 Å². The van der Waals surface area contributed by atoms with Crippen LogP contribution < -0.4 is 0 Å². The molecule has 0 aromatic rings. The minimum Gasteiger partial charge on any atom is -0.262 e. The molecule has 0 radical (unpaired) electrons. The Bertz CT molecular complexity index is 923. The highest BCUT2D eigenvalue weighted by Gasteiger charge is 2.32. The van der Waals surface area contributed by atoms with Crippen LogP contribution in [0.25, 0.3) is 0 Å². The average molecular weight is 489 g/mol. The lowest BCUT2D eigenvalue weighted by Crippen LogP contribution is -2.33. The molecule has 0 aliphatic heterocycles. The van der Waals surface area contributed by atoms with Crippen molar-refractivity contribution in [3.05, 3.63) is 0 Å². The Hall–Kier alpha value is -0.320. The Morgan fingerprint density at radius 2 is 1.07 bits per heavy atom. The van der Waals surface area contributed by atoms with Crippen molar-refractivity contribution in [1.29, 1.82) is 0 Å². The molecule has 0 aliphatic rings. The van der Waals surface area contributed by atoms with Crippen molar-refractivity contribution in [2.45, 2.75) is 63.9 Å². The summed E-state index contributed by atoms with van der Waals surface area (Å²) in [5, 5.41) is 0. The van der Waals surface area contributed by atoms with Crippen LogP contribution in [-0.4, -0.2) is 67.9 Å². The van der Waals surface area contributed by atoms with Gasteiger partial charge in [-0.15, -0.1) is 0 Å². The maximum Gasteiger partial charge on any atom is 0.296 e. The maximum absolute atomic E-state index is 11.9. The molecule has 0 fully saturated rings. The van der Waals surface area contributed by atoms with E-state index in [1.54, 1.807) is 0 Å². The van der Waals surface area contributed by atoms with Crippen LogP contribution in [0.4, 0.5) is 0 Å². The van der Waals surface area contributed by atoms with E-state index in [0.29, 0.717) is 0 Å². The van der Waals surface area contributed by atoms with Gasteiger partial charge < -0.3 is 0 Å². The van der Waals surface area contributed by atoms with E-state index < -0.39 is 68.2 Å². The fourth-order valence-electron chi connectivity index (χ4n) is 1.60. The third kappa shape index (κ3) is 11.6. The molecular formula is C13H28O11S4. The second-order valence-corrected chi connectivity index (χ2v) is 14.6. The van der Waals surface area contributed by atoms with Crippen molar-refractivity contribution in [2.75, 3.05) is 17.8 Å². The zero-order chi connectivity index (χ0) is 22.6. The molecule has 0 N–H and O–H groups in total. The quantitative estimate of drug-likeness (QED) is 0.275. The average Bonchev–Trinajstić information content (AvgIpc) is 2.39. The van der Waals surface area contributed by atoms with Crippen LogP contribution in [0.5, 0.6) is 0 Å². The molecule has 0 aromatic heterocycles. The molecule has 2 unspecified atom stereocenters. The lowest BCUT2D eigenvalue weighted by molar-refractivity contribution is 0.125. The van der Waals surface area contributed by atoms with Gasteiger partial charge in [-0.05, 0) is 47.5 Å². The molecule has 0 spiro atoms. The predicted molar refractivity (Wildman–Crippen MR) is 103 cm³/mol. The van der Waals surface area contributed by atoms with Gasteiger partial charge in [0.1, 0.15) is 0 Å². The summed E-state index contributed by atoms with van der Waals surface area (Å²) in [5.41, 5.74) is -4.41. The second kappa shape index (κ2) is 9.66. The molecule has 0 saturated heterocycles. The van der Waals surface area contributed by atoms with Gasteiger partial charge in [0.15, 0.2) is 20.7 Å². The third-order valence-electron chi connectivity index (χ3n) is 2.98. The van der Waals surface area contributed by atoms with Crippen LogP contribution in [0, 0.1) is 0 Å². The zero-order valence-corrected chi connectivity index (χ0v) is 19.9. The highest BCUT2D eigenvalue weighted by atomic mass is 32.2. The van der Waals surface area contributed by atoms with E-state index in [4.69, 9.17) is 4.18 Å². The van der Waals surface area contributed by atoms with Crippen molar-refractivity contribution in [3.63, 3.8) is 0 Å². The van der Waals surface area contributed by atoms with Crippen molar-refractivity contribution >= 4 is 40.2 Å². The molecule has 0 saturated carbocycles. The summed E-state index contributed by atoms with van der Waals surface area (Å²) in [4.78, 5) is 0. The Balaban J connectivity index is 4.67. The van der Waals surface area contributed by atoms with Crippen LogP contribution >= 0.6 is 0 Å². The van der Waals surface area contributed by atoms with Gasteiger partial charge in [-0.3, -0.25) is 8.37 Å². The van der Waals surface area contributed by atoms with Crippen molar-refractivity contribution in [2.24, 2.45) is 0 Å². The lowest BCUT2D eigenvalue weighted by atomic mass is 10.2. The molecule has 28 heavy (non-hydrogen) atoms. The maximum atomic E-state index is 11.9. The van der Waals surface area contributed by atoms with Crippen LogP contribution in [-0.2, 0) is 52.7 Å². The van der Waals surface area contributed by atoms with Gasteiger partial charge in [-0.1, -0.05) is 0 Å². The number of sulfone groups is 1. The van der Waals surface area contributed by atoms with E-state index in [2.05, 4.69) is 8.37 Å².